The highest BCUT2D eigenvalue weighted by Crippen LogP contribution is 2.13. The van der Waals surface area contributed by atoms with Crippen LogP contribution in [-0.2, 0) is 6.42 Å². The molecule has 1 unspecified atom stereocenters. The van der Waals surface area contributed by atoms with Gasteiger partial charge >= 0.3 is 0 Å². The molecule has 2 nitrogen and oxygen atoms in total. The quantitative estimate of drug-likeness (QED) is 0.793. The maximum Gasteiger partial charge on any atom is 0.123 e. The average Bonchev–Trinajstić information content (AvgIpc) is 2.45. The highest BCUT2D eigenvalue weighted by Gasteiger charge is 2.07. The fourth-order valence-electron chi connectivity index (χ4n) is 2.18. The smallest absolute Gasteiger partial charge is 0.123 e. The minimum Gasteiger partial charge on any atom is -0.387 e. The van der Waals surface area contributed by atoms with Crippen LogP contribution in [0.1, 0.15) is 22.8 Å². The van der Waals surface area contributed by atoms with Gasteiger partial charge in [-0.05, 0) is 48.7 Å². The number of aliphatic hydroxyl groups excluding tert-OH is 1. The van der Waals surface area contributed by atoms with Crippen molar-refractivity contribution < 1.29 is 9.50 Å². The maximum atomic E-state index is 13.1. The molecule has 0 aromatic heterocycles. The predicted molar refractivity (Wildman–Crippen MR) is 79.1 cm³/mol. The fraction of sp³-hybridized carbons (Fsp3) is 0.294. The third-order valence-corrected chi connectivity index (χ3v) is 3.40. The van der Waals surface area contributed by atoms with Crippen molar-refractivity contribution >= 4 is 0 Å². The van der Waals surface area contributed by atoms with Gasteiger partial charge in [0.25, 0.3) is 0 Å². The Morgan fingerprint density at radius 3 is 2.70 bits per heavy atom. The number of rotatable bonds is 6. The molecule has 0 radical (unpaired) electrons. The van der Waals surface area contributed by atoms with Gasteiger partial charge in [-0.3, -0.25) is 0 Å². The monoisotopic (exact) mass is 273 g/mol. The van der Waals surface area contributed by atoms with E-state index in [0.717, 1.165) is 13.0 Å². The summed E-state index contributed by atoms with van der Waals surface area (Å²) in [4.78, 5) is 0. The molecule has 0 aliphatic carbocycles. The van der Waals surface area contributed by atoms with Crippen LogP contribution in [-0.4, -0.2) is 18.2 Å². The van der Waals surface area contributed by atoms with Crippen LogP contribution in [0.25, 0.3) is 0 Å². The lowest BCUT2D eigenvalue weighted by atomic mass is 10.1. The Balaban J connectivity index is 1.77. The van der Waals surface area contributed by atoms with E-state index in [2.05, 4.69) is 24.4 Å². The number of halogens is 1. The van der Waals surface area contributed by atoms with Gasteiger partial charge in [0.05, 0.1) is 6.10 Å². The van der Waals surface area contributed by atoms with Gasteiger partial charge in [0.2, 0.25) is 0 Å². The molecule has 3 heteroatoms. The van der Waals surface area contributed by atoms with E-state index in [0.29, 0.717) is 12.1 Å². The zero-order chi connectivity index (χ0) is 14.4. The third kappa shape index (κ3) is 4.15. The first-order chi connectivity index (χ1) is 9.66. The molecule has 2 aromatic carbocycles. The lowest BCUT2D eigenvalue weighted by molar-refractivity contribution is 0.174. The Labute approximate surface area is 119 Å². The summed E-state index contributed by atoms with van der Waals surface area (Å²) in [5.74, 6) is -0.318. The minimum atomic E-state index is -0.678. The van der Waals surface area contributed by atoms with Crippen LogP contribution in [0.2, 0.25) is 0 Å². The number of nitrogens with one attached hydrogen (secondary N) is 1. The summed E-state index contributed by atoms with van der Waals surface area (Å²) in [7, 11) is 0. The van der Waals surface area contributed by atoms with Crippen LogP contribution >= 0.6 is 0 Å². The maximum absolute atomic E-state index is 13.1. The van der Waals surface area contributed by atoms with Gasteiger partial charge in [0.1, 0.15) is 5.82 Å². The van der Waals surface area contributed by atoms with Gasteiger partial charge in [-0.15, -0.1) is 0 Å². The normalized spacial score (nSPS) is 12.3. The highest BCUT2D eigenvalue weighted by molar-refractivity contribution is 5.25. The molecule has 20 heavy (non-hydrogen) atoms. The van der Waals surface area contributed by atoms with E-state index in [1.54, 1.807) is 12.1 Å². The van der Waals surface area contributed by atoms with Gasteiger partial charge in [-0.2, -0.15) is 0 Å². The summed E-state index contributed by atoms with van der Waals surface area (Å²) in [5.41, 5.74) is 3.19. The van der Waals surface area contributed by atoms with Crippen molar-refractivity contribution in [3.63, 3.8) is 0 Å². The molecule has 0 amide bonds. The number of aliphatic hydroxyl groups is 1. The van der Waals surface area contributed by atoms with Crippen molar-refractivity contribution in [1.82, 2.24) is 5.32 Å². The lowest BCUT2D eigenvalue weighted by Gasteiger charge is -2.13. The number of benzene rings is 2. The van der Waals surface area contributed by atoms with E-state index in [-0.39, 0.29) is 5.82 Å². The molecule has 1 atom stereocenters. The SMILES string of the molecule is Cc1ccccc1CCNCC(O)c1cccc(F)c1. The molecule has 0 aliphatic heterocycles. The second-order valence-corrected chi connectivity index (χ2v) is 4.95. The zero-order valence-corrected chi connectivity index (χ0v) is 11.6. The molecule has 2 rings (SSSR count). The van der Waals surface area contributed by atoms with Gasteiger partial charge in [-0.25, -0.2) is 4.39 Å². The number of aryl methyl sites for hydroxylation is 1. The van der Waals surface area contributed by atoms with Crippen LogP contribution < -0.4 is 5.32 Å². The summed E-state index contributed by atoms with van der Waals surface area (Å²) in [6.07, 6.45) is 0.241. The Hall–Kier alpha value is -1.71. The summed E-state index contributed by atoms with van der Waals surface area (Å²) in [6, 6.07) is 14.4. The Kier molecular flexibility index (Phi) is 5.27. The highest BCUT2D eigenvalue weighted by atomic mass is 19.1. The van der Waals surface area contributed by atoms with Crippen molar-refractivity contribution in [3.05, 3.63) is 71.0 Å². The van der Waals surface area contributed by atoms with Crippen LogP contribution in [0.15, 0.2) is 48.5 Å². The Morgan fingerprint density at radius 2 is 1.95 bits per heavy atom. The van der Waals surface area contributed by atoms with E-state index < -0.39 is 6.10 Å². The molecule has 0 bridgehead atoms. The molecule has 0 spiro atoms. The molecule has 0 aliphatic rings. The molecule has 0 fully saturated rings. The van der Waals surface area contributed by atoms with Gasteiger partial charge < -0.3 is 10.4 Å². The van der Waals surface area contributed by atoms with Crippen molar-refractivity contribution in [2.45, 2.75) is 19.4 Å². The third-order valence-electron chi connectivity index (χ3n) is 3.40. The Bertz CT molecular complexity index is 556. The molecule has 0 saturated carbocycles. The molecular weight excluding hydrogens is 253 g/mol. The van der Waals surface area contributed by atoms with E-state index >= 15 is 0 Å². The van der Waals surface area contributed by atoms with E-state index in [9.17, 15) is 9.50 Å². The van der Waals surface area contributed by atoms with Gasteiger partial charge in [0, 0.05) is 6.54 Å². The molecule has 0 saturated heterocycles. The lowest BCUT2D eigenvalue weighted by Crippen LogP contribution is -2.24. The second kappa shape index (κ2) is 7.17. The van der Waals surface area contributed by atoms with Crippen LogP contribution in [0.4, 0.5) is 4.39 Å². The first kappa shape index (κ1) is 14.7. The van der Waals surface area contributed by atoms with Crippen molar-refractivity contribution in [2.24, 2.45) is 0 Å². The summed E-state index contributed by atoms with van der Waals surface area (Å²) < 4.78 is 13.1. The molecule has 2 aromatic rings. The van der Waals surface area contributed by atoms with E-state index in [4.69, 9.17) is 0 Å². The number of hydrogen-bond acceptors (Lipinski definition) is 2. The first-order valence-electron chi connectivity index (χ1n) is 6.85. The molecule has 2 N–H and O–H groups in total. The summed E-state index contributed by atoms with van der Waals surface area (Å²) in [6.45, 7) is 3.31. The largest absolute Gasteiger partial charge is 0.387 e. The standard InChI is InChI=1S/C17H20FNO/c1-13-5-2-3-6-14(13)9-10-19-12-17(20)15-7-4-8-16(18)11-15/h2-8,11,17,19-20H,9-10,12H2,1H3. The van der Waals surface area contributed by atoms with Gasteiger partial charge in [0.15, 0.2) is 0 Å². The Morgan fingerprint density at radius 1 is 1.15 bits per heavy atom. The van der Waals surface area contributed by atoms with Crippen LogP contribution in [0, 0.1) is 12.7 Å². The van der Waals surface area contributed by atoms with E-state index in [1.165, 1.54) is 23.3 Å². The minimum absolute atomic E-state index is 0.318. The summed E-state index contributed by atoms with van der Waals surface area (Å²) >= 11 is 0. The number of hydrogen-bond donors (Lipinski definition) is 2. The second-order valence-electron chi connectivity index (χ2n) is 4.95. The van der Waals surface area contributed by atoms with Crippen molar-refractivity contribution in [2.75, 3.05) is 13.1 Å². The average molecular weight is 273 g/mol. The van der Waals surface area contributed by atoms with Crippen LogP contribution in [0.5, 0.6) is 0 Å². The topological polar surface area (TPSA) is 32.3 Å². The van der Waals surface area contributed by atoms with E-state index in [1.807, 2.05) is 12.1 Å². The predicted octanol–water partition coefficient (Wildman–Crippen LogP) is 3.00. The zero-order valence-electron chi connectivity index (χ0n) is 11.6. The summed E-state index contributed by atoms with van der Waals surface area (Å²) in [5, 5.41) is 13.2. The molecule has 0 heterocycles. The van der Waals surface area contributed by atoms with Crippen molar-refractivity contribution in [1.29, 1.82) is 0 Å². The first-order valence-corrected chi connectivity index (χ1v) is 6.85. The molecular formula is C17H20FNO. The fourth-order valence-corrected chi connectivity index (χ4v) is 2.18. The van der Waals surface area contributed by atoms with Crippen LogP contribution in [0.3, 0.4) is 0 Å². The van der Waals surface area contributed by atoms with Crippen molar-refractivity contribution in [3.8, 4) is 0 Å². The van der Waals surface area contributed by atoms with Gasteiger partial charge in [-0.1, -0.05) is 36.4 Å². The molecule has 106 valence electrons.